The van der Waals surface area contributed by atoms with E-state index in [0.717, 1.165) is 37.5 Å². The summed E-state index contributed by atoms with van der Waals surface area (Å²) in [5.41, 5.74) is -0.703. The van der Waals surface area contributed by atoms with Crippen LogP contribution in [0.25, 0.3) is 0 Å². The minimum absolute atomic E-state index is 0.276. The lowest BCUT2D eigenvalue weighted by molar-refractivity contribution is -0.502. The van der Waals surface area contributed by atoms with E-state index in [0.29, 0.717) is 11.8 Å². The van der Waals surface area contributed by atoms with Crippen LogP contribution in [0.2, 0.25) is 0 Å². The number of hydrogen-bond donors (Lipinski definition) is 0. The van der Waals surface area contributed by atoms with Gasteiger partial charge in [-0.1, -0.05) is 6.42 Å². The van der Waals surface area contributed by atoms with E-state index in [-0.39, 0.29) is 5.97 Å². The topological polar surface area (TPSA) is 44.8 Å². The quantitative estimate of drug-likeness (QED) is 0.642. The summed E-state index contributed by atoms with van der Waals surface area (Å²) in [4.78, 5) is 23.3. The van der Waals surface area contributed by atoms with Crippen molar-refractivity contribution in [3.63, 3.8) is 0 Å². The van der Waals surface area contributed by atoms with Gasteiger partial charge in [0.05, 0.1) is 0 Å². The lowest BCUT2D eigenvalue weighted by Crippen LogP contribution is -2.68. The van der Waals surface area contributed by atoms with Crippen LogP contribution < -0.4 is 0 Å². The van der Waals surface area contributed by atoms with Crippen molar-refractivity contribution in [1.29, 1.82) is 0 Å². The molecule has 0 unspecified atom stereocenters. The van der Waals surface area contributed by atoms with Crippen LogP contribution in [0.1, 0.15) is 64.2 Å². The summed E-state index contributed by atoms with van der Waals surface area (Å²) in [7, 11) is 0. The molecule has 1 saturated heterocycles. The summed E-state index contributed by atoms with van der Waals surface area (Å²) in [6.45, 7) is 0. The molecule has 5 saturated carbocycles. The molecule has 6 fully saturated rings. The Kier molecular flexibility index (Phi) is 2.59. The molecule has 0 radical (unpaired) electrons. The molecule has 116 valence electrons. The van der Waals surface area contributed by atoms with Crippen molar-refractivity contribution in [3.8, 4) is 0 Å². The zero-order valence-electron chi connectivity index (χ0n) is 12.5. The second kappa shape index (κ2) is 4.23. The zero-order chi connectivity index (χ0) is 14.1. The Morgan fingerprint density at radius 3 is 2.10 bits per heavy atom. The number of carbonyl (C=O) groups is 1. The average molecular weight is 292 g/mol. The van der Waals surface area contributed by atoms with E-state index >= 15 is 0 Å². The number of ether oxygens (including phenoxy) is 1. The summed E-state index contributed by atoms with van der Waals surface area (Å²) in [5, 5.41) is 0. The largest absolute Gasteiger partial charge is 0.374 e. The molecular weight excluding hydrogens is 268 g/mol. The first-order chi connectivity index (χ1) is 10.2. The van der Waals surface area contributed by atoms with Gasteiger partial charge in [-0.15, -0.1) is 4.89 Å². The maximum atomic E-state index is 12.3. The minimum Gasteiger partial charge on any atom is -0.327 e. The first-order valence-electron chi connectivity index (χ1n) is 8.80. The molecule has 4 heteroatoms. The van der Waals surface area contributed by atoms with Gasteiger partial charge in [0, 0.05) is 11.8 Å². The zero-order valence-corrected chi connectivity index (χ0v) is 12.5. The van der Waals surface area contributed by atoms with Crippen LogP contribution in [0.4, 0.5) is 0 Å². The van der Waals surface area contributed by atoms with Crippen molar-refractivity contribution < 1.29 is 19.3 Å². The lowest BCUT2D eigenvalue weighted by Gasteiger charge is -2.61. The molecule has 0 aromatic heterocycles. The molecule has 2 spiro atoms. The summed E-state index contributed by atoms with van der Waals surface area (Å²) < 4.78 is 6.59. The van der Waals surface area contributed by atoms with E-state index in [1.165, 1.54) is 38.5 Å². The van der Waals surface area contributed by atoms with Crippen LogP contribution in [0.15, 0.2) is 0 Å². The smallest absolute Gasteiger partial charge is 0.327 e. The van der Waals surface area contributed by atoms with Gasteiger partial charge in [0.2, 0.25) is 5.79 Å². The summed E-state index contributed by atoms with van der Waals surface area (Å²) in [5.74, 6) is 1.68. The molecule has 0 aromatic carbocycles. The third-order valence-electron chi connectivity index (χ3n) is 6.91. The second-order valence-corrected chi connectivity index (χ2v) is 8.14. The number of hydrogen-bond acceptors (Lipinski definition) is 4. The maximum absolute atomic E-state index is 12.3. The molecule has 5 aliphatic carbocycles. The Hall–Kier alpha value is -0.610. The van der Waals surface area contributed by atoms with Gasteiger partial charge in [-0.25, -0.2) is 4.79 Å². The maximum Gasteiger partial charge on any atom is 0.374 e. The molecule has 1 heterocycles. The van der Waals surface area contributed by atoms with Gasteiger partial charge in [0.15, 0.2) is 5.60 Å². The van der Waals surface area contributed by atoms with Crippen LogP contribution in [-0.4, -0.2) is 17.4 Å². The molecule has 21 heavy (non-hydrogen) atoms. The fraction of sp³-hybridized carbons (Fsp3) is 0.941. The predicted octanol–water partition coefficient (Wildman–Crippen LogP) is 3.35. The Morgan fingerprint density at radius 1 is 0.857 bits per heavy atom. The molecule has 1 aliphatic heterocycles. The van der Waals surface area contributed by atoms with Crippen LogP contribution in [0, 0.1) is 23.7 Å². The van der Waals surface area contributed by atoms with Crippen LogP contribution >= 0.6 is 0 Å². The minimum atomic E-state index is -0.703. The van der Waals surface area contributed by atoms with E-state index < -0.39 is 11.4 Å². The van der Waals surface area contributed by atoms with E-state index in [1.54, 1.807) is 0 Å². The third-order valence-corrected chi connectivity index (χ3v) is 6.91. The molecular formula is C17H24O4. The van der Waals surface area contributed by atoms with Crippen molar-refractivity contribution in [1.82, 2.24) is 0 Å². The van der Waals surface area contributed by atoms with Crippen LogP contribution in [-0.2, 0) is 19.3 Å². The third kappa shape index (κ3) is 1.66. The van der Waals surface area contributed by atoms with E-state index in [9.17, 15) is 4.79 Å². The molecule has 6 aliphatic rings. The highest BCUT2D eigenvalue weighted by atomic mass is 17.3. The SMILES string of the molecule is O=C1OOC2(OC13CCCCC3)C1CC3CC(C1)CC2C3. The van der Waals surface area contributed by atoms with Gasteiger partial charge in [-0.05, 0) is 69.6 Å². The molecule has 4 nitrogen and oxygen atoms in total. The molecule has 6 rings (SSSR count). The van der Waals surface area contributed by atoms with Crippen molar-refractivity contribution in [2.45, 2.75) is 75.6 Å². The molecule has 0 amide bonds. The Balaban J connectivity index is 1.50. The van der Waals surface area contributed by atoms with Crippen molar-refractivity contribution >= 4 is 5.97 Å². The van der Waals surface area contributed by atoms with Gasteiger partial charge < -0.3 is 4.74 Å². The summed E-state index contributed by atoms with van der Waals surface area (Å²) in [6, 6.07) is 0. The first-order valence-corrected chi connectivity index (χ1v) is 8.80. The summed E-state index contributed by atoms with van der Waals surface area (Å²) >= 11 is 0. The van der Waals surface area contributed by atoms with Crippen molar-refractivity contribution in [2.24, 2.45) is 23.7 Å². The Bertz CT molecular complexity index is 437. The highest BCUT2D eigenvalue weighted by molar-refractivity contribution is 5.79. The van der Waals surface area contributed by atoms with Crippen molar-refractivity contribution in [2.75, 3.05) is 0 Å². The van der Waals surface area contributed by atoms with Gasteiger partial charge in [0.1, 0.15) is 0 Å². The van der Waals surface area contributed by atoms with E-state index in [4.69, 9.17) is 14.5 Å². The Labute approximate surface area is 125 Å². The number of carbonyl (C=O) groups excluding carboxylic acids is 1. The Morgan fingerprint density at radius 2 is 1.48 bits per heavy atom. The highest BCUT2D eigenvalue weighted by Crippen LogP contribution is 2.62. The first kappa shape index (κ1) is 12.9. The van der Waals surface area contributed by atoms with Gasteiger partial charge in [0.25, 0.3) is 0 Å². The fourth-order valence-corrected chi connectivity index (χ4v) is 6.12. The van der Waals surface area contributed by atoms with Crippen LogP contribution in [0.3, 0.4) is 0 Å². The predicted molar refractivity (Wildman–Crippen MR) is 73.9 cm³/mol. The second-order valence-electron chi connectivity index (χ2n) is 8.14. The monoisotopic (exact) mass is 292 g/mol. The molecule has 0 aromatic rings. The van der Waals surface area contributed by atoms with E-state index in [1.807, 2.05) is 0 Å². The van der Waals surface area contributed by atoms with Crippen LogP contribution in [0.5, 0.6) is 0 Å². The highest BCUT2D eigenvalue weighted by Gasteiger charge is 2.66. The standard InChI is InChI=1S/C17H24O4/c18-15-16(4-2-1-3-5-16)20-17(21-19-15)13-7-11-6-12(9-13)10-14(17)8-11/h11-14H,1-10H2. The lowest BCUT2D eigenvalue weighted by atomic mass is 9.53. The number of rotatable bonds is 0. The van der Waals surface area contributed by atoms with Gasteiger partial charge in [-0.2, -0.15) is 0 Å². The molecule has 0 N–H and O–H groups in total. The fourth-order valence-electron chi connectivity index (χ4n) is 6.12. The average Bonchev–Trinajstić information content (AvgIpc) is 2.49. The van der Waals surface area contributed by atoms with Gasteiger partial charge in [-0.3, -0.25) is 4.89 Å². The van der Waals surface area contributed by atoms with Gasteiger partial charge >= 0.3 is 5.97 Å². The molecule has 4 bridgehead atoms. The van der Waals surface area contributed by atoms with E-state index in [2.05, 4.69) is 0 Å². The summed E-state index contributed by atoms with van der Waals surface area (Å²) in [6.07, 6.45) is 11.1. The molecule has 0 atom stereocenters. The van der Waals surface area contributed by atoms with Crippen molar-refractivity contribution in [3.05, 3.63) is 0 Å². The normalized spacial score (nSPS) is 50.6.